The number of nitriles is 1. The van der Waals surface area contributed by atoms with Gasteiger partial charge in [-0.25, -0.2) is 13.1 Å². The molecule has 0 saturated carbocycles. The lowest BCUT2D eigenvalue weighted by molar-refractivity contribution is 0.573. The number of rotatable bonds is 4. The van der Waals surface area contributed by atoms with Gasteiger partial charge < -0.3 is 0 Å². The summed E-state index contributed by atoms with van der Waals surface area (Å²) in [7, 11) is -3.62. The Morgan fingerprint density at radius 3 is 2.95 bits per heavy atom. The Kier molecular flexibility index (Phi) is 3.79. The predicted octanol–water partition coefficient (Wildman–Crippen LogP) is 1.67. The van der Waals surface area contributed by atoms with Crippen molar-refractivity contribution in [1.82, 2.24) is 9.71 Å². The van der Waals surface area contributed by atoms with Gasteiger partial charge in [-0.2, -0.15) is 5.26 Å². The first-order chi connectivity index (χ1) is 9.04. The number of pyridine rings is 1. The van der Waals surface area contributed by atoms with Crippen molar-refractivity contribution < 1.29 is 8.42 Å². The van der Waals surface area contributed by atoms with Gasteiger partial charge in [0.05, 0.1) is 16.9 Å². The minimum atomic E-state index is -3.62. The molecule has 0 aliphatic carbocycles. The summed E-state index contributed by atoms with van der Waals surface area (Å²) in [4.78, 5) is 4.17. The van der Waals surface area contributed by atoms with Crippen LogP contribution in [-0.4, -0.2) is 19.9 Å². The zero-order valence-electron chi connectivity index (χ0n) is 10.4. The van der Waals surface area contributed by atoms with Gasteiger partial charge in [-0.3, -0.25) is 4.98 Å². The van der Waals surface area contributed by atoms with Crippen molar-refractivity contribution >= 4 is 20.8 Å². The molecule has 0 aliphatic heterocycles. The van der Waals surface area contributed by atoms with Crippen LogP contribution in [0.4, 0.5) is 0 Å². The molecule has 5 nitrogen and oxygen atoms in total. The first-order valence-corrected chi connectivity index (χ1v) is 7.25. The Balaban J connectivity index is 2.41. The van der Waals surface area contributed by atoms with Gasteiger partial charge in [0.2, 0.25) is 10.0 Å². The van der Waals surface area contributed by atoms with E-state index in [2.05, 4.69) is 9.71 Å². The van der Waals surface area contributed by atoms with Crippen LogP contribution in [0.25, 0.3) is 10.8 Å². The molecule has 0 fully saturated rings. The van der Waals surface area contributed by atoms with E-state index in [1.165, 1.54) is 0 Å². The second kappa shape index (κ2) is 5.34. The molecule has 1 aromatic heterocycles. The van der Waals surface area contributed by atoms with Crippen LogP contribution in [0.3, 0.4) is 0 Å². The van der Waals surface area contributed by atoms with Crippen LogP contribution in [0, 0.1) is 17.2 Å². The summed E-state index contributed by atoms with van der Waals surface area (Å²) in [5, 5.41) is 10.1. The van der Waals surface area contributed by atoms with E-state index in [1.54, 1.807) is 43.6 Å². The number of hydrogen-bond donors (Lipinski definition) is 1. The highest BCUT2D eigenvalue weighted by atomic mass is 32.2. The lowest BCUT2D eigenvalue weighted by atomic mass is 10.2. The van der Waals surface area contributed by atoms with E-state index < -0.39 is 10.0 Å². The molecule has 19 heavy (non-hydrogen) atoms. The molecule has 6 heteroatoms. The number of benzene rings is 1. The molecule has 0 radical (unpaired) electrons. The highest BCUT2D eigenvalue weighted by Gasteiger charge is 2.17. The quantitative estimate of drug-likeness (QED) is 0.920. The van der Waals surface area contributed by atoms with Crippen molar-refractivity contribution in [2.75, 3.05) is 6.54 Å². The highest BCUT2D eigenvalue weighted by molar-refractivity contribution is 7.89. The van der Waals surface area contributed by atoms with Gasteiger partial charge in [-0.1, -0.05) is 12.1 Å². The highest BCUT2D eigenvalue weighted by Crippen LogP contribution is 2.21. The molecule has 98 valence electrons. The molecule has 0 bridgehead atoms. The third kappa shape index (κ3) is 2.89. The van der Waals surface area contributed by atoms with Gasteiger partial charge in [0.15, 0.2) is 0 Å². The summed E-state index contributed by atoms with van der Waals surface area (Å²) >= 11 is 0. The molecule has 0 amide bonds. The van der Waals surface area contributed by atoms with E-state index in [0.717, 1.165) is 5.39 Å². The number of hydrogen-bond acceptors (Lipinski definition) is 4. The van der Waals surface area contributed by atoms with Gasteiger partial charge in [0.1, 0.15) is 0 Å². The third-order valence-electron chi connectivity index (χ3n) is 2.73. The first-order valence-electron chi connectivity index (χ1n) is 5.76. The van der Waals surface area contributed by atoms with E-state index in [4.69, 9.17) is 5.26 Å². The van der Waals surface area contributed by atoms with Crippen LogP contribution in [0.15, 0.2) is 41.6 Å². The molecule has 2 aromatic rings. The smallest absolute Gasteiger partial charge is 0.241 e. The zero-order valence-corrected chi connectivity index (χ0v) is 11.2. The first kappa shape index (κ1) is 13.5. The monoisotopic (exact) mass is 275 g/mol. The molecule has 1 unspecified atom stereocenters. The second-order valence-electron chi connectivity index (χ2n) is 4.24. The fourth-order valence-electron chi connectivity index (χ4n) is 1.69. The number of nitrogens with zero attached hydrogens (tertiary/aromatic N) is 2. The van der Waals surface area contributed by atoms with Crippen LogP contribution < -0.4 is 4.72 Å². The minimum Gasteiger partial charge on any atom is -0.264 e. The van der Waals surface area contributed by atoms with Crippen LogP contribution in [0.1, 0.15) is 6.92 Å². The maximum absolute atomic E-state index is 12.2. The topological polar surface area (TPSA) is 82.9 Å². The molecule has 1 atom stereocenters. The third-order valence-corrected chi connectivity index (χ3v) is 4.21. The Labute approximate surface area is 111 Å². The Bertz CT molecular complexity index is 730. The summed E-state index contributed by atoms with van der Waals surface area (Å²) in [5.74, 6) is -0.369. The van der Waals surface area contributed by atoms with Crippen LogP contribution >= 0.6 is 0 Å². The number of sulfonamides is 1. The number of fused-ring (bicyclic) bond motifs is 1. The van der Waals surface area contributed by atoms with Crippen molar-refractivity contribution in [1.29, 1.82) is 5.26 Å². The van der Waals surface area contributed by atoms with E-state index in [9.17, 15) is 8.42 Å². The maximum atomic E-state index is 12.2. The zero-order chi connectivity index (χ0) is 13.9. The van der Waals surface area contributed by atoms with Gasteiger partial charge in [-0.05, 0) is 19.1 Å². The molecule has 1 heterocycles. The summed E-state index contributed by atoms with van der Waals surface area (Å²) in [5.41, 5.74) is 0. The maximum Gasteiger partial charge on any atom is 0.241 e. The average molecular weight is 275 g/mol. The van der Waals surface area contributed by atoms with Crippen LogP contribution in [0.2, 0.25) is 0 Å². The molecular weight excluding hydrogens is 262 g/mol. The van der Waals surface area contributed by atoms with Crippen LogP contribution in [0.5, 0.6) is 0 Å². The summed E-state index contributed by atoms with van der Waals surface area (Å²) in [6, 6.07) is 8.67. The van der Waals surface area contributed by atoms with E-state index in [0.29, 0.717) is 5.39 Å². The van der Waals surface area contributed by atoms with Crippen molar-refractivity contribution in [3.05, 3.63) is 36.7 Å². The molecule has 2 rings (SSSR count). The van der Waals surface area contributed by atoms with Crippen molar-refractivity contribution in [3.8, 4) is 6.07 Å². The van der Waals surface area contributed by atoms with E-state index >= 15 is 0 Å². The van der Waals surface area contributed by atoms with Gasteiger partial charge in [-0.15, -0.1) is 0 Å². The van der Waals surface area contributed by atoms with Crippen molar-refractivity contribution in [3.63, 3.8) is 0 Å². The van der Waals surface area contributed by atoms with E-state index in [-0.39, 0.29) is 17.4 Å². The fourth-order valence-corrected chi connectivity index (χ4v) is 3.04. The van der Waals surface area contributed by atoms with Gasteiger partial charge >= 0.3 is 0 Å². The lowest BCUT2D eigenvalue weighted by Crippen LogP contribution is -2.28. The number of nitrogens with one attached hydrogen (secondary N) is 1. The standard InChI is InChI=1S/C13H13N3O2S/c1-10(7-14)8-16-19(17,18)13-4-2-3-11-9-15-6-5-12(11)13/h2-6,9-10,16H,8H2,1H3. The second-order valence-corrected chi connectivity index (χ2v) is 5.97. The summed E-state index contributed by atoms with van der Waals surface area (Å²) < 4.78 is 26.9. The van der Waals surface area contributed by atoms with Gasteiger partial charge in [0, 0.05) is 29.7 Å². The van der Waals surface area contributed by atoms with Gasteiger partial charge in [0.25, 0.3) is 0 Å². The molecular formula is C13H13N3O2S. The molecule has 0 spiro atoms. The number of aromatic nitrogens is 1. The van der Waals surface area contributed by atoms with E-state index in [1.807, 2.05) is 6.07 Å². The fraction of sp³-hybridized carbons (Fsp3) is 0.231. The molecule has 0 saturated heterocycles. The molecule has 0 aliphatic rings. The molecule has 1 aromatic carbocycles. The molecule has 1 N–H and O–H groups in total. The Morgan fingerprint density at radius 1 is 1.42 bits per heavy atom. The Morgan fingerprint density at radius 2 is 2.21 bits per heavy atom. The summed E-state index contributed by atoms with van der Waals surface area (Å²) in [6.07, 6.45) is 3.17. The normalized spacial score (nSPS) is 13.1. The largest absolute Gasteiger partial charge is 0.264 e. The average Bonchev–Trinajstić information content (AvgIpc) is 2.44. The minimum absolute atomic E-state index is 0.0975. The lowest BCUT2D eigenvalue weighted by Gasteiger charge is -2.09. The SMILES string of the molecule is CC(C#N)CNS(=O)(=O)c1cccc2cnccc12. The summed E-state index contributed by atoms with van der Waals surface area (Å²) in [6.45, 7) is 1.76. The predicted molar refractivity (Wildman–Crippen MR) is 71.7 cm³/mol. The Hall–Kier alpha value is -1.97. The van der Waals surface area contributed by atoms with Crippen molar-refractivity contribution in [2.45, 2.75) is 11.8 Å². The van der Waals surface area contributed by atoms with Crippen LogP contribution in [-0.2, 0) is 10.0 Å². The van der Waals surface area contributed by atoms with Crippen molar-refractivity contribution in [2.24, 2.45) is 5.92 Å².